The van der Waals surface area contributed by atoms with Crippen LogP contribution in [0, 0.1) is 0 Å². The van der Waals surface area contributed by atoms with Gasteiger partial charge in [0.05, 0.1) is 0 Å². The van der Waals surface area contributed by atoms with E-state index in [9.17, 15) is 0 Å². The zero-order valence-electron chi connectivity index (χ0n) is 14.6. The largest absolute Gasteiger partial charge is 0.454 e. The Labute approximate surface area is 138 Å². The maximum absolute atomic E-state index is 5.40. The van der Waals surface area contributed by atoms with Crippen molar-refractivity contribution in [3.8, 4) is 11.5 Å². The van der Waals surface area contributed by atoms with Crippen molar-refractivity contribution in [1.82, 2.24) is 15.5 Å². The van der Waals surface area contributed by atoms with Gasteiger partial charge in [0.15, 0.2) is 17.5 Å². The van der Waals surface area contributed by atoms with Gasteiger partial charge in [-0.2, -0.15) is 0 Å². The molecule has 1 aromatic rings. The summed E-state index contributed by atoms with van der Waals surface area (Å²) in [5, 5.41) is 6.67. The monoisotopic (exact) mass is 320 g/mol. The summed E-state index contributed by atoms with van der Waals surface area (Å²) >= 11 is 0. The minimum absolute atomic E-state index is 0.318. The number of nitrogens with one attached hydrogen (secondary N) is 2. The first-order valence-corrected chi connectivity index (χ1v) is 8.13. The SMILES string of the molecule is CN=C(NCCc1ccc2c(c1)OCO2)NCCN(C)C(C)C. The molecule has 0 amide bonds. The van der Waals surface area contributed by atoms with E-state index in [1.54, 1.807) is 7.05 Å². The van der Waals surface area contributed by atoms with Gasteiger partial charge in [-0.25, -0.2) is 0 Å². The first-order chi connectivity index (χ1) is 11.1. The lowest BCUT2D eigenvalue weighted by atomic mass is 10.1. The lowest BCUT2D eigenvalue weighted by Crippen LogP contribution is -2.42. The summed E-state index contributed by atoms with van der Waals surface area (Å²) in [6.45, 7) is 7.38. The minimum atomic E-state index is 0.318. The molecule has 0 atom stereocenters. The highest BCUT2D eigenvalue weighted by Crippen LogP contribution is 2.32. The molecule has 1 aliphatic rings. The quantitative estimate of drug-likeness (QED) is 0.588. The van der Waals surface area contributed by atoms with E-state index in [1.807, 2.05) is 12.1 Å². The molecule has 0 aliphatic carbocycles. The van der Waals surface area contributed by atoms with E-state index < -0.39 is 0 Å². The van der Waals surface area contributed by atoms with Crippen LogP contribution in [0.5, 0.6) is 11.5 Å². The molecule has 128 valence electrons. The van der Waals surface area contributed by atoms with Gasteiger partial charge in [0, 0.05) is 32.7 Å². The van der Waals surface area contributed by atoms with Crippen molar-refractivity contribution in [3.05, 3.63) is 23.8 Å². The van der Waals surface area contributed by atoms with Crippen molar-refractivity contribution in [2.75, 3.05) is 40.5 Å². The maximum Gasteiger partial charge on any atom is 0.231 e. The summed E-state index contributed by atoms with van der Waals surface area (Å²) < 4.78 is 10.7. The van der Waals surface area contributed by atoms with Crippen molar-refractivity contribution in [2.24, 2.45) is 4.99 Å². The molecule has 0 fully saturated rings. The predicted octanol–water partition coefficient (Wildman–Crippen LogP) is 1.46. The lowest BCUT2D eigenvalue weighted by Gasteiger charge is -2.21. The summed E-state index contributed by atoms with van der Waals surface area (Å²) in [4.78, 5) is 6.55. The Bertz CT molecular complexity index is 531. The zero-order valence-corrected chi connectivity index (χ0v) is 14.6. The third-order valence-electron chi connectivity index (χ3n) is 4.01. The second-order valence-corrected chi connectivity index (χ2v) is 5.94. The van der Waals surface area contributed by atoms with Crippen LogP contribution in [0.4, 0.5) is 0 Å². The fourth-order valence-corrected chi connectivity index (χ4v) is 2.25. The molecule has 6 nitrogen and oxygen atoms in total. The highest BCUT2D eigenvalue weighted by Gasteiger charge is 2.12. The molecule has 0 radical (unpaired) electrons. The molecular weight excluding hydrogens is 292 g/mol. The molecule has 0 saturated heterocycles. The summed E-state index contributed by atoms with van der Waals surface area (Å²) in [7, 11) is 3.92. The fourth-order valence-electron chi connectivity index (χ4n) is 2.25. The first-order valence-electron chi connectivity index (χ1n) is 8.13. The van der Waals surface area contributed by atoms with Gasteiger partial charge in [-0.3, -0.25) is 4.99 Å². The van der Waals surface area contributed by atoms with Crippen LogP contribution < -0.4 is 20.1 Å². The van der Waals surface area contributed by atoms with Gasteiger partial charge in [0.25, 0.3) is 0 Å². The van der Waals surface area contributed by atoms with Gasteiger partial charge < -0.3 is 25.0 Å². The van der Waals surface area contributed by atoms with Crippen molar-refractivity contribution in [2.45, 2.75) is 26.3 Å². The average molecular weight is 320 g/mol. The number of guanidine groups is 1. The van der Waals surface area contributed by atoms with Crippen LogP contribution in [-0.4, -0.2) is 57.4 Å². The number of aliphatic imine (C=N–C) groups is 1. The molecule has 0 unspecified atom stereocenters. The average Bonchev–Trinajstić information content (AvgIpc) is 3.00. The van der Waals surface area contributed by atoms with E-state index >= 15 is 0 Å². The second-order valence-electron chi connectivity index (χ2n) is 5.94. The van der Waals surface area contributed by atoms with Crippen LogP contribution in [0.1, 0.15) is 19.4 Å². The van der Waals surface area contributed by atoms with Crippen LogP contribution in [0.25, 0.3) is 0 Å². The van der Waals surface area contributed by atoms with E-state index in [0.29, 0.717) is 12.8 Å². The Balaban J connectivity index is 1.69. The highest BCUT2D eigenvalue weighted by atomic mass is 16.7. The zero-order chi connectivity index (χ0) is 16.7. The normalized spacial score (nSPS) is 13.7. The number of ether oxygens (including phenoxy) is 2. The van der Waals surface area contributed by atoms with Gasteiger partial charge in [-0.05, 0) is 45.0 Å². The van der Waals surface area contributed by atoms with Gasteiger partial charge in [0.1, 0.15) is 0 Å². The fraction of sp³-hybridized carbons (Fsp3) is 0.588. The van der Waals surface area contributed by atoms with Crippen LogP contribution in [-0.2, 0) is 6.42 Å². The van der Waals surface area contributed by atoms with E-state index in [0.717, 1.165) is 43.5 Å². The number of benzene rings is 1. The number of hydrogen-bond acceptors (Lipinski definition) is 4. The van der Waals surface area contributed by atoms with Crippen molar-refractivity contribution >= 4 is 5.96 Å². The topological polar surface area (TPSA) is 58.1 Å². The van der Waals surface area contributed by atoms with Crippen LogP contribution in [0.2, 0.25) is 0 Å². The Hall–Kier alpha value is -1.95. The van der Waals surface area contributed by atoms with Crippen LogP contribution in [0.15, 0.2) is 23.2 Å². The van der Waals surface area contributed by atoms with E-state index in [4.69, 9.17) is 9.47 Å². The van der Waals surface area contributed by atoms with Crippen LogP contribution >= 0.6 is 0 Å². The Morgan fingerprint density at radius 3 is 2.70 bits per heavy atom. The van der Waals surface area contributed by atoms with E-state index in [-0.39, 0.29) is 0 Å². The smallest absolute Gasteiger partial charge is 0.231 e. The Morgan fingerprint density at radius 2 is 1.96 bits per heavy atom. The number of rotatable bonds is 7. The Kier molecular flexibility index (Phi) is 6.52. The maximum atomic E-state index is 5.40. The van der Waals surface area contributed by atoms with E-state index in [2.05, 4.69) is 47.5 Å². The molecule has 6 heteroatoms. The van der Waals surface area contributed by atoms with Crippen molar-refractivity contribution in [3.63, 3.8) is 0 Å². The summed E-state index contributed by atoms with van der Waals surface area (Å²) in [6.07, 6.45) is 0.906. The number of nitrogens with zero attached hydrogens (tertiary/aromatic N) is 2. The molecular formula is C17H28N4O2. The third kappa shape index (κ3) is 5.32. The standard InChI is InChI=1S/C17H28N4O2/c1-13(2)21(4)10-9-20-17(18-3)19-8-7-14-5-6-15-16(11-14)23-12-22-15/h5-6,11,13H,7-10,12H2,1-4H3,(H2,18,19,20). The van der Waals surface area contributed by atoms with Gasteiger partial charge in [0.2, 0.25) is 6.79 Å². The Morgan fingerprint density at radius 1 is 1.22 bits per heavy atom. The second kappa shape index (κ2) is 8.62. The minimum Gasteiger partial charge on any atom is -0.454 e. The summed E-state index contributed by atoms with van der Waals surface area (Å²) in [5.74, 6) is 2.50. The van der Waals surface area contributed by atoms with Crippen molar-refractivity contribution < 1.29 is 9.47 Å². The molecule has 0 spiro atoms. The molecule has 1 aliphatic heterocycles. The molecule has 2 N–H and O–H groups in total. The third-order valence-corrected chi connectivity index (χ3v) is 4.01. The van der Waals surface area contributed by atoms with Gasteiger partial charge >= 0.3 is 0 Å². The van der Waals surface area contributed by atoms with E-state index in [1.165, 1.54) is 5.56 Å². The number of fused-ring (bicyclic) bond motifs is 1. The highest BCUT2D eigenvalue weighted by molar-refractivity contribution is 5.79. The molecule has 1 aromatic carbocycles. The molecule has 2 rings (SSSR count). The predicted molar refractivity (Wildman–Crippen MR) is 93.4 cm³/mol. The summed E-state index contributed by atoms with van der Waals surface area (Å²) in [5.41, 5.74) is 1.22. The van der Waals surface area contributed by atoms with Crippen molar-refractivity contribution in [1.29, 1.82) is 0 Å². The first kappa shape index (κ1) is 17.4. The van der Waals surface area contributed by atoms with Crippen LogP contribution in [0.3, 0.4) is 0 Å². The van der Waals surface area contributed by atoms with Gasteiger partial charge in [-0.1, -0.05) is 6.07 Å². The number of likely N-dealkylation sites (N-methyl/N-ethyl adjacent to an activating group) is 1. The summed E-state index contributed by atoms with van der Waals surface area (Å²) in [6, 6.07) is 6.63. The lowest BCUT2D eigenvalue weighted by molar-refractivity contribution is 0.174. The molecule has 1 heterocycles. The molecule has 0 aromatic heterocycles. The molecule has 0 saturated carbocycles. The van der Waals surface area contributed by atoms with Gasteiger partial charge in [-0.15, -0.1) is 0 Å². The molecule has 0 bridgehead atoms. The molecule has 23 heavy (non-hydrogen) atoms. The number of hydrogen-bond donors (Lipinski definition) is 2.